The third kappa shape index (κ3) is 3.88. The molecule has 0 aliphatic carbocycles. The molecule has 0 saturated carbocycles. The Bertz CT molecular complexity index is 675. The normalized spacial score (nSPS) is 10.5. The summed E-state index contributed by atoms with van der Waals surface area (Å²) in [6.07, 6.45) is 3.12. The van der Waals surface area contributed by atoms with Crippen molar-refractivity contribution in [2.45, 2.75) is 6.92 Å². The Kier molecular flexibility index (Phi) is 5.20. The Hall–Kier alpha value is -2.75. The summed E-state index contributed by atoms with van der Waals surface area (Å²) in [5.41, 5.74) is 2.66. The number of ether oxygens (including phenoxy) is 2. The third-order valence-electron chi connectivity index (χ3n) is 3.20. The summed E-state index contributed by atoms with van der Waals surface area (Å²) in [6, 6.07) is 13.0. The van der Waals surface area contributed by atoms with Gasteiger partial charge in [-0.15, -0.1) is 0 Å². The van der Waals surface area contributed by atoms with Gasteiger partial charge in [-0.3, -0.25) is 4.79 Å². The molecular formula is C18H19NO3. The second kappa shape index (κ2) is 7.31. The number of methoxy groups -OCH3 is 2. The van der Waals surface area contributed by atoms with Crippen molar-refractivity contribution in [3.63, 3.8) is 0 Å². The van der Waals surface area contributed by atoms with Crippen LogP contribution in [0, 0.1) is 6.92 Å². The van der Waals surface area contributed by atoms with Gasteiger partial charge in [0, 0.05) is 23.5 Å². The zero-order chi connectivity index (χ0) is 15.9. The summed E-state index contributed by atoms with van der Waals surface area (Å²) in [5.74, 6) is 1.02. The molecule has 0 spiro atoms. The molecule has 0 amide bonds. The number of anilines is 1. The zero-order valence-electron chi connectivity index (χ0n) is 12.9. The summed E-state index contributed by atoms with van der Waals surface area (Å²) in [5, 5.41) is 3.07. The van der Waals surface area contributed by atoms with Crippen LogP contribution in [0.15, 0.2) is 54.7 Å². The van der Waals surface area contributed by atoms with E-state index >= 15 is 0 Å². The average Bonchev–Trinajstić information content (AvgIpc) is 2.55. The molecule has 2 aromatic carbocycles. The molecule has 0 bridgehead atoms. The molecule has 0 aliphatic rings. The van der Waals surface area contributed by atoms with E-state index in [0.29, 0.717) is 17.1 Å². The van der Waals surface area contributed by atoms with E-state index in [4.69, 9.17) is 9.47 Å². The molecule has 0 unspecified atom stereocenters. The smallest absolute Gasteiger partial charge is 0.187 e. The molecule has 2 aromatic rings. The van der Waals surface area contributed by atoms with Crippen LogP contribution in [0.1, 0.15) is 15.9 Å². The highest BCUT2D eigenvalue weighted by Gasteiger charge is 2.08. The van der Waals surface area contributed by atoms with Crippen molar-refractivity contribution in [3.05, 3.63) is 65.9 Å². The van der Waals surface area contributed by atoms with E-state index in [0.717, 1.165) is 5.69 Å². The average molecular weight is 297 g/mol. The van der Waals surface area contributed by atoms with E-state index < -0.39 is 0 Å². The molecule has 2 rings (SSSR count). The maximum absolute atomic E-state index is 12.1. The minimum absolute atomic E-state index is 0.111. The van der Waals surface area contributed by atoms with Gasteiger partial charge in [-0.2, -0.15) is 0 Å². The van der Waals surface area contributed by atoms with Crippen LogP contribution in [-0.2, 0) is 0 Å². The van der Waals surface area contributed by atoms with Crippen LogP contribution in [-0.4, -0.2) is 20.0 Å². The van der Waals surface area contributed by atoms with Crippen LogP contribution < -0.4 is 14.8 Å². The first-order valence-electron chi connectivity index (χ1n) is 6.90. The fraction of sp³-hybridized carbons (Fsp3) is 0.167. The lowest BCUT2D eigenvalue weighted by atomic mass is 10.1. The first-order valence-corrected chi connectivity index (χ1v) is 6.90. The zero-order valence-corrected chi connectivity index (χ0v) is 12.9. The minimum atomic E-state index is -0.111. The number of carbonyl (C=O) groups is 1. The van der Waals surface area contributed by atoms with Crippen LogP contribution in [0.4, 0.5) is 5.69 Å². The van der Waals surface area contributed by atoms with E-state index in [9.17, 15) is 4.79 Å². The summed E-state index contributed by atoms with van der Waals surface area (Å²) in [4.78, 5) is 12.1. The van der Waals surface area contributed by atoms with Crippen molar-refractivity contribution in [1.82, 2.24) is 0 Å². The molecular weight excluding hydrogens is 278 g/mol. The van der Waals surface area contributed by atoms with Crippen LogP contribution in [0.25, 0.3) is 0 Å². The van der Waals surface area contributed by atoms with Gasteiger partial charge in [0.2, 0.25) is 0 Å². The number of aryl methyl sites for hydroxylation is 1. The van der Waals surface area contributed by atoms with E-state index in [1.54, 1.807) is 38.6 Å². The van der Waals surface area contributed by atoms with Crippen molar-refractivity contribution >= 4 is 11.5 Å². The van der Waals surface area contributed by atoms with Gasteiger partial charge in [-0.25, -0.2) is 0 Å². The molecule has 0 fully saturated rings. The van der Waals surface area contributed by atoms with Crippen molar-refractivity contribution < 1.29 is 14.3 Å². The lowest BCUT2D eigenvalue weighted by molar-refractivity contribution is 0.104. The van der Waals surface area contributed by atoms with Gasteiger partial charge >= 0.3 is 0 Å². The lowest BCUT2D eigenvalue weighted by Gasteiger charge is -2.08. The fourth-order valence-electron chi connectivity index (χ4n) is 1.95. The van der Waals surface area contributed by atoms with Crippen LogP contribution >= 0.6 is 0 Å². The summed E-state index contributed by atoms with van der Waals surface area (Å²) >= 11 is 0. The summed E-state index contributed by atoms with van der Waals surface area (Å²) < 4.78 is 10.3. The van der Waals surface area contributed by atoms with Crippen LogP contribution in [0.3, 0.4) is 0 Å². The first-order chi connectivity index (χ1) is 10.6. The van der Waals surface area contributed by atoms with Crippen LogP contribution in [0.5, 0.6) is 11.5 Å². The van der Waals surface area contributed by atoms with Gasteiger partial charge in [0.1, 0.15) is 0 Å². The number of rotatable bonds is 6. The Morgan fingerprint density at radius 3 is 2.32 bits per heavy atom. The topological polar surface area (TPSA) is 47.6 Å². The predicted molar refractivity (Wildman–Crippen MR) is 87.8 cm³/mol. The molecule has 22 heavy (non-hydrogen) atoms. The number of nitrogens with one attached hydrogen (secondary N) is 1. The maximum Gasteiger partial charge on any atom is 0.187 e. The van der Waals surface area contributed by atoms with Crippen LogP contribution in [0.2, 0.25) is 0 Å². The Labute approximate surface area is 130 Å². The lowest BCUT2D eigenvalue weighted by Crippen LogP contribution is -1.98. The van der Waals surface area contributed by atoms with Crippen molar-refractivity contribution in [2.24, 2.45) is 0 Å². The highest BCUT2D eigenvalue weighted by molar-refractivity contribution is 6.05. The van der Waals surface area contributed by atoms with Gasteiger partial charge < -0.3 is 14.8 Å². The summed E-state index contributed by atoms with van der Waals surface area (Å²) in [6.45, 7) is 2.03. The Balaban J connectivity index is 2.05. The molecule has 0 atom stereocenters. The number of hydrogen-bond acceptors (Lipinski definition) is 4. The number of ketones is 1. The van der Waals surface area contributed by atoms with Gasteiger partial charge in [-0.1, -0.05) is 17.7 Å². The highest BCUT2D eigenvalue weighted by atomic mass is 16.5. The van der Waals surface area contributed by atoms with E-state index in [2.05, 4.69) is 5.32 Å². The monoisotopic (exact) mass is 297 g/mol. The SMILES string of the molecule is COc1ccc(C(=O)C=CNc2ccc(C)cc2)cc1OC. The molecule has 1 N–H and O–H groups in total. The molecule has 0 saturated heterocycles. The largest absolute Gasteiger partial charge is 0.493 e. The molecule has 114 valence electrons. The second-order valence-electron chi connectivity index (χ2n) is 4.78. The van der Waals surface area contributed by atoms with Gasteiger partial charge in [-0.05, 0) is 37.3 Å². The molecule has 0 heterocycles. The Morgan fingerprint density at radius 2 is 1.68 bits per heavy atom. The van der Waals surface area contributed by atoms with E-state index in [1.807, 2.05) is 31.2 Å². The quantitative estimate of drug-likeness (QED) is 0.650. The maximum atomic E-state index is 12.1. The predicted octanol–water partition coefficient (Wildman–Crippen LogP) is 3.82. The third-order valence-corrected chi connectivity index (χ3v) is 3.20. The fourth-order valence-corrected chi connectivity index (χ4v) is 1.95. The molecule has 0 aromatic heterocycles. The van der Waals surface area contributed by atoms with E-state index in [-0.39, 0.29) is 5.78 Å². The number of allylic oxidation sites excluding steroid dienone is 1. The molecule has 4 nitrogen and oxygen atoms in total. The second-order valence-corrected chi connectivity index (χ2v) is 4.78. The van der Waals surface area contributed by atoms with Crippen molar-refractivity contribution in [2.75, 3.05) is 19.5 Å². The molecule has 4 heteroatoms. The highest BCUT2D eigenvalue weighted by Crippen LogP contribution is 2.27. The number of hydrogen-bond donors (Lipinski definition) is 1. The Morgan fingerprint density at radius 1 is 1.00 bits per heavy atom. The molecule has 0 radical (unpaired) electrons. The van der Waals surface area contributed by atoms with Crippen molar-refractivity contribution in [1.29, 1.82) is 0 Å². The minimum Gasteiger partial charge on any atom is -0.493 e. The van der Waals surface area contributed by atoms with Gasteiger partial charge in [0.15, 0.2) is 17.3 Å². The van der Waals surface area contributed by atoms with Crippen molar-refractivity contribution in [3.8, 4) is 11.5 Å². The number of carbonyl (C=O) groups excluding carboxylic acids is 1. The van der Waals surface area contributed by atoms with Gasteiger partial charge in [0.05, 0.1) is 14.2 Å². The summed E-state index contributed by atoms with van der Waals surface area (Å²) in [7, 11) is 3.10. The van der Waals surface area contributed by atoms with Gasteiger partial charge in [0.25, 0.3) is 0 Å². The molecule has 0 aliphatic heterocycles. The first kappa shape index (κ1) is 15.6. The standard InChI is InChI=1S/C18H19NO3/c1-13-4-7-15(8-5-13)19-11-10-16(20)14-6-9-17(21-2)18(12-14)22-3/h4-12,19H,1-3H3. The number of benzene rings is 2. The van der Waals surface area contributed by atoms with E-state index in [1.165, 1.54) is 11.6 Å².